The Hall–Kier alpha value is -1.75. The number of hydrogen-bond acceptors (Lipinski definition) is 4. The van der Waals surface area contributed by atoms with Crippen molar-refractivity contribution in [2.45, 2.75) is 39.8 Å². The van der Waals surface area contributed by atoms with Crippen LogP contribution >= 0.6 is 0 Å². The van der Waals surface area contributed by atoms with Gasteiger partial charge in [-0.15, -0.1) is 0 Å². The van der Waals surface area contributed by atoms with Crippen molar-refractivity contribution in [1.29, 1.82) is 0 Å². The molecule has 1 aromatic rings. The van der Waals surface area contributed by atoms with E-state index in [0.29, 0.717) is 30.3 Å². The quantitative estimate of drug-likeness (QED) is 0.766. The number of aliphatic carboxylic acids is 1. The maximum Gasteiger partial charge on any atom is 0.325 e. The van der Waals surface area contributed by atoms with Gasteiger partial charge in [0.1, 0.15) is 6.04 Å². The van der Waals surface area contributed by atoms with Gasteiger partial charge in [-0.2, -0.15) is 0 Å². The minimum Gasteiger partial charge on any atom is -0.490 e. The number of carboxylic acid groups (broad SMARTS) is 1. The van der Waals surface area contributed by atoms with Gasteiger partial charge < -0.3 is 14.6 Å². The van der Waals surface area contributed by atoms with E-state index in [9.17, 15) is 9.90 Å². The first-order chi connectivity index (χ1) is 9.49. The monoisotopic (exact) mass is 281 g/mol. The second-order valence-electron chi connectivity index (χ2n) is 4.66. The first kappa shape index (κ1) is 16.3. The lowest BCUT2D eigenvalue weighted by Gasteiger charge is -2.19. The molecule has 0 fully saturated rings. The number of nitrogens with one attached hydrogen (secondary N) is 1. The number of carboxylic acids is 1. The molecule has 1 rings (SSSR count). The maximum absolute atomic E-state index is 11.4. The van der Waals surface area contributed by atoms with Gasteiger partial charge in [-0.05, 0) is 45.4 Å². The third-order valence-electron chi connectivity index (χ3n) is 2.65. The van der Waals surface area contributed by atoms with Gasteiger partial charge in [0.05, 0.1) is 13.2 Å². The molecule has 1 aromatic carbocycles. The van der Waals surface area contributed by atoms with Crippen molar-refractivity contribution < 1.29 is 19.4 Å². The van der Waals surface area contributed by atoms with Crippen LogP contribution in [0.4, 0.5) is 0 Å². The summed E-state index contributed by atoms with van der Waals surface area (Å²) < 4.78 is 11.0. The molecule has 0 bridgehead atoms. The predicted molar refractivity (Wildman–Crippen MR) is 77.4 cm³/mol. The molecule has 112 valence electrons. The Morgan fingerprint density at radius 3 is 2.30 bits per heavy atom. The fourth-order valence-electron chi connectivity index (χ4n) is 1.89. The number of benzene rings is 1. The van der Waals surface area contributed by atoms with Crippen molar-refractivity contribution in [1.82, 2.24) is 5.32 Å². The molecular weight excluding hydrogens is 258 g/mol. The summed E-state index contributed by atoms with van der Waals surface area (Å²) in [5, 5.41) is 12.4. The molecule has 0 aromatic heterocycles. The van der Waals surface area contributed by atoms with Crippen LogP contribution in [0, 0.1) is 0 Å². The van der Waals surface area contributed by atoms with E-state index in [2.05, 4.69) is 5.32 Å². The van der Waals surface area contributed by atoms with Gasteiger partial charge in [-0.3, -0.25) is 10.1 Å². The molecule has 5 nitrogen and oxygen atoms in total. The summed E-state index contributed by atoms with van der Waals surface area (Å²) in [5.41, 5.74) is 0.651. The highest BCUT2D eigenvalue weighted by molar-refractivity contribution is 5.76. The Labute approximate surface area is 119 Å². The zero-order valence-electron chi connectivity index (χ0n) is 12.5. The lowest BCUT2D eigenvalue weighted by atomic mass is 10.1. The van der Waals surface area contributed by atoms with E-state index < -0.39 is 12.0 Å². The highest BCUT2D eigenvalue weighted by atomic mass is 16.5. The molecule has 0 spiro atoms. The number of rotatable bonds is 8. The molecule has 20 heavy (non-hydrogen) atoms. The first-order valence-electron chi connectivity index (χ1n) is 6.87. The Morgan fingerprint density at radius 2 is 1.80 bits per heavy atom. The molecule has 1 atom stereocenters. The van der Waals surface area contributed by atoms with Crippen LogP contribution in [0.5, 0.6) is 11.5 Å². The van der Waals surface area contributed by atoms with Gasteiger partial charge >= 0.3 is 5.97 Å². The number of hydrogen-bond donors (Lipinski definition) is 2. The van der Waals surface area contributed by atoms with Crippen LogP contribution in [0.1, 0.15) is 39.3 Å². The third-order valence-corrected chi connectivity index (χ3v) is 2.65. The second kappa shape index (κ2) is 7.75. The summed E-state index contributed by atoms with van der Waals surface area (Å²) in [6.07, 6.45) is 0. The first-order valence-corrected chi connectivity index (χ1v) is 6.87. The standard InChI is InChI=1S/C15H23NO4/c1-5-19-12-8-7-11(9-13(12)20-6-2)14(15(17)18)16-10(3)4/h7-10,14,16H,5-6H2,1-4H3,(H,17,18). The molecule has 0 aliphatic rings. The Morgan fingerprint density at radius 1 is 1.20 bits per heavy atom. The van der Waals surface area contributed by atoms with Crippen molar-refractivity contribution in [2.75, 3.05) is 13.2 Å². The summed E-state index contributed by atoms with van der Waals surface area (Å²) in [5.74, 6) is 0.292. The topological polar surface area (TPSA) is 67.8 Å². The minimum atomic E-state index is -0.912. The molecule has 0 saturated heterocycles. The molecule has 5 heteroatoms. The van der Waals surface area contributed by atoms with Gasteiger partial charge in [-0.25, -0.2) is 0 Å². The maximum atomic E-state index is 11.4. The molecular formula is C15H23NO4. The number of carbonyl (C=O) groups is 1. The van der Waals surface area contributed by atoms with Crippen LogP contribution in [-0.4, -0.2) is 30.3 Å². The summed E-state index contributed by atoms with van der Waals surface area (Å²) in [4.78, 5) is 11.4. The van der Waals surface area contributed by atoms with Gasteiger partial charge in [0, 0.05) is 6.04 Å². The van der Waals surface area contributed by atoms with Crippen molar-refractivity contribution in [2.24, 2.45) is 0 Å². The minimum absolute atomic E-state index is 0.0678. The smallest absolute Gasteiger partial charge is 0.325 e. The van der Waals surface area contributed by atoms with Gasteiger partial charge in [0.2, 0.25) is 0 Å². The van der Waals surface area contributed by atoms with Crippen molar-refractivity contribution in [3.8, 4) is 11.5 Å². The average molecular weight is 281 g/mol. The summed E-state index contributed by atoms with van der Waals surface area (Å²) >= 11 is 0. The molecule has 2 N–H and O–H groups in total. The van der Waals surface area contributed by atoms with E-state index >= 15 is 0 Å². The van der Waals surface area contributed by atoms with Crippen LogP contribution in [0.25, 0.3) is 0 Å². The SMILES string of the molecule is CCOc1ccc(C(NC(C)C)C(=O)O)cc1OCC. The molecule has 0 amide bonds. The third kappa shape index (κ3) is 4.42. The Bertz CT molecular complexity index is 445. The van der Waals surface area contributed by atoms with E-state index in [1.54, 1.807) is 18.2 Å². The largest absolute Gasteiger partial charge is 0.490 e. The molecule has 0 aliphatic carbocycles. The van der Waals surface area contributed by atoms with Gasteiger partial charge in [0.15, 0.2) is 11.5 Å². The second-order valence-corrected chi connectivity index (χ2v) is 4.66. The highest BCUT2D eigenvalue weighted by Gasteiger charge is 2.22. The molecule has 0 heterocycles. The lowest BCUT2D eigenvalue weighted by Crippen LogP contribution is -2.33. The van der Waals surface area contributed by atoms with E-state index in [-0.39, 0.29) is 6.04 Å². The average Bonchev–Trinajstić information content (AvgIpc) is 2.38. The predicted octanol–water partition coefficient (Wildman–Crippen LogP) is 2.61. The lowest BCUT2D eigenvalue weighted by molar-refractivity contribution is -0.139. The zero-order valence-corrected chi connectivity index (χ0v) is 12.5. The number of ether oxygens (including phenoxy) is 2. The van der Waals surface area contributed by atoms with Crippen LogP contribution in [-0.2, 0) is 4.79 Å². The summed E-state index contributed by atoms with van der Waals surface area (Å²) in [6.45, 7) is 8.63. The molecule has 0 aliphatic heterocycles. The van der Waals surface area contributed by atoms with E-state index in [0.717, 1.165) is 0 Å². The van der Waals surface area contributed by atoms with Gasteiger partial charge in [0.25, 0.3) is 0 Å². The summed E-state index contributed by atoms with van der Waals surface area (Å²) in [6, 6.07) is 4.54. The van der Waals surface area contributed by atoms with Crippen molar-refractivity contribution in [3.63, 3.8) is 0 Å². The Balaban J connectivity index is 3.09. The van der Waals surface area contributed by atoms with E-state index in [1.807, 2.05) is 27.7 Å². The van der Waals surface area contributed by atoms with Crippen molar-refractivity contribution >= 4 is 5.97 Å². The van der Waals surface area contributed by atoms with Gasteiger partial charge in [-0.1, -0.05) is 6.07 Å². The molecule has 0 saturated carbocycles. The molecule has 0 radical (unpaired) electrons. The molecule has 1 unspecified atom stereocenters. The highest BCUT2D eigenvalue weighted by Crippen LogP contribution is 2.31. The summed E-state index contributed by atoms with van der Waals surface area (Å²) in [7, 11) is 0. The van der Waals surface area contributed by atoms with Crippen molar-refractivity contribution in [3.05, 3.63) is 23.8 Å². The van der Waals surface area contributed by atoms with Crippen LogP contribution < -0.4 is 14.8 Å². The van der Waals surface area contributed by atoms with Crippen LogP contribution in [0.2, 0.25) is 0 Å². The normalized spacial score (nSPS) is 12.2. The fraction of sp³-hybridized carbons (Fsp3) is 0.533. The Kier molecular flexibility index (Phi) is 6.31. The van der Waals surface area contributed by atoms with E-state index in [1.165, 1.54) is 0 Å². The van der Waals surface area contributed by atoms with Crippen LogP contribution in [0.15, 0.2) is 18.2 Å². The van der Waals surface area contributed by atoms with E-state index in [4.69, 9.17) is 9.47 Å². The zero-order chi connectivity index (χ0) is 15.1. The van der Waals surface area contributed by atoms with Crippen LogP contribution in [0.3, 0.4) is 0 Å². The fourth-order valence-corrected chi connectivity index (χ4v) is 1.89.